The highest BCUT2D eigenvalue weighted by atomic mass is 32.2. The van der Waals surface area contributed by atoms with Crippen LogP contribution in [0.5, 0.6) is 0 Å². The van der Waals surface area contributed by atoms with Crippen molar-refractivity contribution in [3.63, 3.8) is 0 Å². The summed E-state index contributed by atoms with van der Waals surface area (Å²) < 4.78 is 62.1. The minimum atomic E-state index is -4.44. The van der Waals surface area contributed by atoms with Crippen molar-refractivity contribution in [1.82, 2.24) is 9.80 Å². The lowest BCUT2D eigenvalue weighted by Gasteiger charge is -2.36. The van der Waals surface area contributed by atoms with Gasteiger partial charge in [0.25, 0.3) is 10.1 Å². The van der Waals surface area contributed by atoms with E-state index in [1.165, 1.54) is 0 Å². The number of aliphatic hydroxyl groups excluding tert-OH is 1. The first kappa shape index (κ1) is 19.7. The number of hydrogen-bond donors (Lipinski definition) is 2. The second kappa shape index (κ2) is 7.99. The third-order valence-electron chi connectivity index (χ3n) is 3.40. The van der Waals surface area contributed by atoms with Crippen molar-refractivity contribution in [3.8, 4) is 0 Å². The average Bonchev–Trinajstić information content (AvgIpc) is 2.26. The molecule has 2 N–H and O–H groups in total. The van der Waals surface area contributed by atoms with Gasteiger partial charge < -0.3 is 14.6 Å². The molecule has 0 aromatic rings. The molecule has 0 saturated carbocycles. The second-order valence-electron chi connectivity index (χ2n) is 5.83. The fourth-order valence-electron chi connectivity index (χ4n) is 2.59. The Hall–Kier alpha value is -0.300. The van der Waals surface area contributed by atoms with Gasteiger partial charge in [0.2, 0.25) is 0 Å². The van der Waals surface area contributed by atoms with E-state index in [2.05, 4.69) is 0 Å². The summed E-state index contributed by atoms with van der Waals surface area (Å²) in [5.41, 5.74) is 0. The Balaban J connectivity index is 2.31. The summed E-state index contributed by atoms with van der Waals surface area (Å²) >= 11 is 0. The van der Waals surface area contributed by atoms with E-state index >= 15 is 0 Å². The highest BCUT2D eigenvalue weighted by molar-refractivity contribution is 7.86. The molecule has 2 atom stereocenters. The molecule has 22 heavy (non-hydrogen) atoms. The van der Waals surface area contributed by atoms with Crippen LogP contribution in [0.2, 0.25) is 0 Å². The van der Waals surface area contributed by atoms with Crippen LogP contribution < -0.4 is 0 Å². The molecule has 1 saturated heterocycles. The van der Waals surface area contributed by atoms with Gasteiger partial charge in [0.05, 0.1) is 27.7 Å². The molecule has 0 spiro atoms. The van der Waals surface area contributed by atoms with Crippen LogP contribution in [0.4, 0.5) is 0 Å². The Morgan fingerprint density at radius 3 is 1.86 bits per heavy atom. The predicted molar refractivity (Wildman–Crippen MR) is 79.0 cm³/mol. The van der Waals surface area contributed by atoms with E-state index in [1.807, 2.05) is 9.80 Å². The van der Waals surface area contributed by atoms with E-state index in [9.17, 15) is 26.5 Å². The summed E-state index contributed by atoms with van der Waals surface area (Å²) in [4.78, 5) is 3.91. The lowest BCUT2D eigenvalue weighted by Crippen LogP contribution is -2.50. The zero-order chi connectivity index (χ0) is 17.0. The Kier molecular flexibility index (Phi) is 7.18. The third-order valence-corrected chi connectivity index (χ3v) is 5.18. The molecule has 1 rings (SSSR count). The van der Waals surface area contributed by atoms with Crippen LogP contribution >= 0.6 is 0 Å². The van der Waals surface area contributed by atoms with Crippen LogP contribution in [0.3, 0.4) is 0 Å². The Morgan fingerprint density at radius 2 is 1.45 bits per heavy atom. The maximum absolute atomic E-state index is 10.8. The van der Waals surface area contributed by atoms with Gasteiger partial charge in [-0.3, -0.25) is 9.45 Å². The lowest BCUT2D eigenvalue weighted by atomic mass is 10.2. The topological polar surface area (TPSA) is 138 Å². The molecule has 1 fully saturated rings. The van der Waals surface area contributed by atoms with Gasteiger partial charge in [-0.15, -0.1) is 0 Å². The number of hydrogen-bond acceptors (Lipinski definition) is 8. The Labute approximate surface area is 131 Å². The van der Waals surface area contributed by atoms with Crippen molar-refractivity contribution in [2.45, 2.75) is 13.0 Å². The highest BCUT2D eigenvalue weighted by Gasteiger charge is 2.22. The number of piperazine rings is 1. The normalized spacial score (nSPS) is 21.6. The lowest BCUT2D eigenvalue weighted by molar-refractivity contribution is 0.0769. The Morgan fingerprint density at radius 1 is 1.00 bits per heavy atom. The third kappa shape index (κ3) is 8.98. The largest absolute Gasteiger partial charge is 0.748 e. The van der Waals surface area contributed by atoms with Crippen LogP contribution in [0.1, 0.15) is 6.92 Å². The predicted octanol–water partition coefficient (Wildman–Crippen LogP) is -1.97. The highest BCUT2D eigenvalue weighted by Crippen LogP contribution is 2.08. The summed E-state index contributed by atoms with van der Waals surface area (Å²) in [6, 6.07) is 0. The summed E-state index contributed by atoms with van der Waals surface area (Å²) in [5, 5.41) is 9.55. The SMILES string of the molecule is CC(CN1CCN(CC(O)CS(=O)(=O)[O-])CC1)CS(=O)(=O)O. The second-order valence-corrected chi connectivity index (χ2v) is 8.78. The molecule has 0 aliphatic carbocycles. The number of β-amino-alcohol motifs (C(OH)–C–C–N with tert-alkyl or cyclic N) is 1. The molecular formula is C11H23N2O7S2-. The van der Waals surface area contributed by atoms with Crippen LogP contribution in [0.25, 0.3) is 0 Å². The molecule has 9 nitrogen and oxygen atoms in total. The quantitative estimate of drug-likeness (QED) is 0.473. The van der Waals surface area contributed by atoms with Crippen molar-refractivity contribution in [2.24, 2.45) is 5.92 Å². The molecule has 1 aliphatic rings. The summed E-state index contributed by atoms with van der Waals surface area (Å²) in [5.74, 6) is -1.27. The Bertz CT molecular complexity index is 491. The van der Waals surface area contributed by atoms with E-state index in [0.29, 0.717) is 32.7 Å². The summed E-state index contributed by atoms with van der Waals surface area (Å²) in [6.07, 6.45) is -1.20. The fourth-order valence-corrected chi connectivity index (χ4v) is 4.00. The maximum atomic E-state index is 10.8. The van der Waals surface area contributed by atoms with E-state index in [-0.39, 0.29) is 18.2 Å². The van der Waals surface area contributed by atoms with Gasteiger partial charge in [-0.05, 0) is 5.92 Å². The molecule has 0 radical (unpaired) electrons. The van der Waals surface area contributed by atoms with Crippen LogP contribution in [0.15, 0.2) is 0 Å². The van der Waals surface area contributed by atoms with Gasteiger partial charge in [0.1, 0.15) is 0 Å². The molecule has 0 aromatic heterocycles. The van der Waals surface area contributed by atoms with Crippen LogP contribution in [-0.4, -0.2) is 97.7 Å². The van der Waals surface area contributed by atoms with Crippen molar-refractivity contribution in [2.75, 3.05) is 50.8 Å². The number of aliphatic hydroxyl groups is 1. The van der Waals surface area contributed by atoms with E-state index < -0.39 is 32.1 Å². The van der Waals surface area contributed by atoms with E-state index in [1.54, 1.807) is 6.92 Å². The first-order chi connectivity index (χ1) is 9.94. The number of rotatable bonds is 8. The van der Waals surface area contributed by atoms with Gasteiger partial charge in [-0.1, -0.05) is 6.92 Å². The molecule has 132 valence electrons. The first-order valence-corrected chi connectivity index (χ1v) is 10.1. The van der Waals surface area contributed by atoms with Gasteiger partial charge in [-0.2, -0.15) is 8.42 Å². The average molecular weight is 359 g/mol. The molecule has 0 aromatic carbocycles. The molecule has 11 heteroatoms. The monoisotopic (exact) mass is 359 g/mol. The standard InChI is InChI=1S/C11H24N2O7S2/c1-10(8-21(15,16)17)6-12-2-4-13(5-3-12)7-11(14)9-22(18,19)20/h10-11,14H,2-9H2,1H3,(H,15,16,17)(H,18,19,20)/p-1. The van der Waals surface area contributed by atoms with Gasteiger partial charge in [0, 0.05) is 39.3 Å². The van der Waals surface area contributed by atoms with Gasteiger partial charge >= 0.3 is 0 Å². The smallest absolute Gasteiger partial charge is 0.265 e. The maximum Gasteiger partial charge on any atom is 0.265 e. The molecule has 1 aliphatic heterocycles. The zero-order valence-electron chi connectivity index (χ0n) is 12.5. The molecule has 0 amide bonds. The minimum absolute atomic E-state index is 0.121. The number of nitrogens with zero attached hydrogens (tertiary/aromatic N) is 2. The van der Waals surface area contributed by atoms with Crippen molar-refractivity contribution in [1.29, 1.82) is 0 Å². The van der Waals surface area contributed by atoms with Gasteiger partial charge in [-0.25, -0.2) is 8.42 Å². The minimum Gasteiger partial charge on any atom is -0.748 e. The van der Waals surface area contributed by atoms with E-state index in [0.717, 1.165) is 0 Å². The fraction of sp³-hybridized carbons (Fsp3) is 1.00. The molecule has 0 bridgehead atoms. The van der Waals surface area contributed by atoms with Crippen molar-refractivity contribution >= 4 is 20.2 Å². The van der Waals surface area contributed by atoms with Crippen molar-refractivity contribution < 1.29 is 31.0 Å². The summed E-state index contributed by atoms with van der Waals surface area (Å²) in [6.45, 7) is 4.87. The van der Waals surface area contributed by atoms with E-state index in [4.69, 9.17) is 4.55 Å². The zero-order valence-corrected chi connectivity index (χ0v) is 14.1. The van der Waals surface area contributed by atoms with Gasteiger partial charge in [0.15, 0.2) is 0 Å². The first-order valence-electron chi connectivity index (χ1n) is 6.96. The molecule has 1 heterocycles. The van der Waals surface area contributed by atoms with Crippen molar-refractivity contribution in [3.05, 3.63) is 0 Å². The summed E-state index contributed by atoms with van der Waals surface area (Å²) in [7, 11) is -8.41. The van der Waals surface area contributed by atoms with Crippen LogP contribution in [0, 0.1) is 5.92 Å². The van der Waals surface area contributed by atoms with Crippen LogP contribution in [-0.2, 0) is 20.2 Å². The molecular weight excluding hydrogens is 336 g/mol. The molecule has 2 unspecified atom stereocenters.